The molecule has 0 aliphatic heterocycles. The van der Waals surface area contributed by atoms with Gasteiger partial charge >= 0.3 is 0 Å². The summed E-state index contributed by atoms with van der Waals surface area (Å²) < 4.78 is 0. The van der Waals surface area contributed by atoms with E-state index in [-0.39, 0.29) is 0 Å². The molecule has 3 heteroatoms. The van der Waals surface area contributed by atoms with E-state index in [4.69, 9.17) is 0 Å². The van der Waals surface area contributed by atoms with Crippen LogP contribution in [0.1, 0.15) is 13.3 Å². The molecule has 0 amide bonds. The predicted octanol–water partition coefficient (Wildman–Crippen LogP) is 3.31. The first-order valence-corrected chi connectivity index (χ1v) is 6.99. The summed E-state index contributed by atoms with van der Waals surface area (Å²) in [4.78, 5) is 2.14. The van der Waals surface area contributed by atoms with Crippen LogP contribution in [0.3, 0.4) is 0 Å². The van der Waals surface area contributed by atoms with Crippen molar-refractivity contribution in [3.63, 3.8) is 0 Å². The minimum Gasteiger partial charge on any atom is -0.383 e. The Morgan fingerprint density at radius 1 is 1.25 bits per heavy atom. The number of nitrogens with zero attached hydrogens (tertiary/aromatic N) is 1. The molecule has 0 bridgehead atoms. The summed E-state index contributed by atoms with van der Waals surface area (Å²) in [5, 5.41) is 3.50. The van der Waals surface area contributed by atoms with Crippen molar-refractivity contribution in [3.8, 4) is 0 Å². The van der Waals surface area contributed by atoms with E-state index in [0.29, 0.717) is 0 Å². The zero-order valence-electron chi connectivity index (χ0n) is 10.5. The summed E-state index contributed by atoms with van der Waals surface area (Å²) in [6, 6.07) is 8.44. The Labute approximate surface area is 103 Å². The molecule has 0 spiro atoms. The molecule has 0 aliphatic carbocycles. The van der Waals surface area contributed by atoms with Crippen molar-refractivity contribution in [2.45, 2.75) is 13.3 Å². The Bertz CT molecular complexity index is 300. The summed E-state index contributed by atoms with van der Waals surface area (Å²) in [6.07, 6.45) is 1.22. The molecule has 0 aliphatic rings. The van der Waals surface area contributed by atoms with Crippen LogP contribution in [-0.2, 0) is 0 Å². The molecule has 1 aromatic rings. The molecule has 0 radical (unpaired) electrons. The van der Waals surface area contributed by atoms with Crippen molar-refractivity contribution in [2.75, 3.05) is 42.4 Å². The van der Waals surface area contributed by atoms with Crippen molar-refractivity contribution in [1.29, 1.82) is 0 Å². The Hall–Kier alpha value is -0.830. The van der Waals surface area contributed by atoms with Crippen LogP contribution >= 0.6 is 11.8 Å². The van der Waals surface area contributed by atoms with Gasteiger partial charge in [-0.15, -0.1) is 0 Å². The molecule has 0 unspecified atom stereocenters. The lowest BCUT2D eigenvalue weighted by Crippen LogP contribution is -2.12. The van der Waals surface area contributed by atoms with E-state index in [1.165, 1.54) is 29.3 Å². The number of para-hydroxylation sites is 2. The highest BCUT2D eigenvalue weighted by Crippen LogP contribution is 2.23. The number of hydrogen-bond donors (Lipinski definition) is 1. The fraction of sp³-hybridized carbons (Fsp3) is 0.538. The zero-order chi connectivity index (χ0) is 11.8. The van der Waals surface area contributed by atoms with Crippen LogP contribution in [0.5, 0.6) is 0 Å². The SMILES string of the molecule is CCSCCCNc1ccccc1N(C)C. The van der Waals surface area contributed by atoms with Gasteiger partial charge < -0.3 is 10.2 Å². The second-order valence-corrected chi connectivity index (χ2v) is 5.28. The van der Waals surface area contributed by atoms with Gasteiger partial charge in [-0.1, -0.05) is 19.1 Å². The molecule has 2 nitrogen and oxygen atoms in total. The zero-order valence-corrected chi connectivity index (χ0v) is 11.3. The fourth-order valence-electron chi connectivity index (χ4n) is 1.55. The van der Waals surface area contributed by atoms with Crippen molar-refractivity contribution in [3.05, 3.63) is 24.3 Å². The van der Waals surface area contributed by atoms with Crippen LogP contribution in [-0.4, -0.2) is 32.1 Å². The molecule has 0 saturated heterocycles. The van der Waals surface area contributed by atoms with Gasteiger partial charge in [0.25, 0.3) is 0 Å². The Morgan fingerprint density at radius 2 is 2.00 bits per heavy atom. The first-order valence-electron chi connectivity index (χ1n) is 5.83. The Morgan fingerprint density at radius 3 is 2.69 bits per heavy atom. The third-order valence-electron chi connectivity index (χ3n) is 2.37. The smallest absolute Gasteiger partial charge is 0.0596 e. The van der Waals surface area contributed by atoms with Crippen molar-refractivity contribution < 1.29 is 0 Å². The average Bonchev–Trinajstić information content (AvgIpc) is 2.29. The predicted molar refractivity (Wildman–Crippen MR) is 76.9 cm³/mol. The maximum Gasteiger partial charge on any atom is 0.0596 e. The van der Waals surface area contributed by atoms with E-state index >= 15 is 0 Å². The monoisotopic (exact) mass is 238 g/mol. The summed E-state index contributed by atoms with van der Waals surface area (Å²) in [5.74, 6) is 2.46. The number of anilines is 2. The lowest BCUT2D eigenvalue weighted by molar-refractivity contribution is 0.988. The first-order chi connectivity index (χ1) is 7.75. The van der Waals surface area contributed by atoms with Gasteiger partial charge in [-0.05, 0) is 30.1 Å². The number of nitrogens with one attached hydrogen (secondary N) is 1. The second-order valence-electron chi connectivity index (χ2n) is 3.89. The van der Waals surface area contributed by atoms with Crippen LogP contribution in [0.2, 0.25) is 0 Å². The molecular weight excluding hydrogens is 216 g/mol. The van der Waals surface area contributed by atoms with Gasteiger partial charge in [0.2, 0.25) is 0 Å². The Kier molecular flexibility index (Phi) is 6.16. The van der Waals surface area contributed by atoms with Gasteiger partial charge in [-0.25, -0.2) is 0 Å². The highest BCUT2D eigenvalue weighted by Gasteiger charge is 2.01. The quantitative estimate of drug-likeness (QED) is 0.734. The van der Waals surface area contributed by atoms with Gasteiger partial charge in [0, 0.05) is 20.6 Å². The van der Waals surface area contributed by atoms with Crippen molar-refractivity contribution in [1.82, 2.24) is 0 Å². The largest absolute Gasteiger partial charge is 0.383 e. The third-order valence-corrected chi connectivity index (χ3v) is 3.36. The molecule has 90 valence electrons. The topological polar surface area (TPSA) is 15.3 Å². The van der Waals surface area contributed by atoms with Crippen LogP contribution in [0.4, 0.5) is 11.4 Å². The highest BCUT2D eigenvalue weighted by atomic mass is 32.2. The lowest BCUT2D eigenvalue weighted by atomic mass is 10.2. The minimum absolute atomic E-state index is 1.05. The van der Waals surface area contributed by atoms with Gasteiger partial charge in [0.15, 0.2) is 0 Å². The molecule has 1 aromatic carbocycles. The van der Waals surface area contributed by atoms with E-state index < -0.39 is 0 Å². The maximum absolute atomic E-state index is 3.50. The second kappa shape index (κ2) is 7.44. The highest BCUT2D eigenvalue weighted by molar-refractivity contribution is 7.99. The van der Waals surface area contributed by atoms with Crippen LogP contribution < -0.4 is 10.2 Å². The maximum atomic E-state index is 3.50. The van der Waals surface area contributed by atoms with Crippen LogP contribution in [0.15, 0.2) is 24.3 Å². The summed E-state index contributed by atoms with van der Waals surface area (Å²) in [5.41, 5.74) is 2.49. The van der Waals surface area contributed by atoms with Gasteiger partial charge in [-0.3, -0.25) is 0 Å². The van der Waals surface area contributed by atoms with E-state index in [1.54, 1.807) is 0 Å². The standard InChI is InChI=1S/C13H22N2S/c1-4-16-11-7-10-14-12-8-5-6-9-13(12)15(2)3/h5-6,8-9,14H,4,7,10-11H2,1-3H3. The summed E-state index contributed by atoms with van der Waals surface area (Å²) in [7, 11) is 4.15. The van der Waals surface area contributed by atoms with Crippen molar-refractivity contribution in [2.24, 2.45) is 0 Å². The molecule has 0 fully saturated rings. The lowest BCUT2D eigenvalue weighted by Gasteiger charge is -2.18. The third kappa shape index (κ3) is 4.35. The molecule has 0 heterocycles. The van der Waals surface area contributed by atoms with Crippen LogP contribution in [0, 0.1) is 0 Å². The summed E-state index contributed by atoms with van der Waals surface area (Å²) >= 11 is 2.00. The molecule has 0 saturated carbocycles. The average molecular weight is 238 g/mol. The molecule has 0 atom stereocenters. The number of thioether (sulfide) groups is 1. The molecule has 1 N–H and O–H groups in total. The molecule has 16 heavy (non-hydrogen) atoms. The van der Waals surface area contributed by atoms with Gasteiger partial charge in [-0.2, -0.15) is 11.8 Å². The number of hydrogen-bond acceptors (Lipinski definition) is 3. The minimum atomic E-state index is 1.05. The molecule has 0 aromatic heterocycles. The van der Waals surface area contributed by atoms with E-state index in [9.17, 15) is 0 Å². The number of rotatable bonds is 7. The fourth-order valence-corrected chi connectivity index (χ4v) is 2.19. The summed E-state index contributed by atoms with van der Waals surface area (Å²) in [6.45, 7) is 3.26. The molecule has 1 rings (SSSR count). The van der Waals surface area contributed by atoms with E-state index in [1.807, 2.05) is 11.8 Å². The Balaban J connectivity index is 2.41. The van der Waals surface area contributed by atoms with Crippen LogP contribution in [0.25, 0.3) is 0 Å². The first kappa shape index (κ1) is 13.2. The molecular formula is C13H22N2S. The van der Waals surface area contributed by atoms with Crippen molar-refractivity contribution >= 4 is 23.1 Å². The number of benzene rings is 1. The normalized spacial score (nSPS) is 10.2. The van der Waals surface area contributed by atoms with Gasteiger partial charge in [0.05, 0.1) is 11.4 Å². The van der Waals surface area contributed by atoms with E-state index in [2.05, 4.69) is 55.5 Å². The van der Waals surface area contributed by atoms with E-state index in [0.717, 1.165) is 6.54 Å². The van der Waals surface area contributed by atoms with Gasteiger partial charge in [0.1, 0.15) is 0 Å².